The zero-order valence-corrected chi connectivity index (χ0v) is 11.9. The van der Waals surface area contributed by atoms with Crippen LogP contribution in [0.15, 0.2) is 22.7 Å². The van der Waals surface area contributed by atoms with E-state index in [-0.39, 0.29) is 0 Å². The summed E-state index contributed by atoms with van der Waals surface area (Å²) in [4.78, 5) is 0. The molecule has 5 heteroatoms. The molecular weight excluding hydrogens is 302 g/mol. The Morgan fingerprint density at radius 2 is 2.12 bits per heavy atom. The Bertz CT molecular complexity index is 415. The van der Waals surface area contributed by atoms with Crippen LogP contribution in [0.2, 0.25) is 0 Å². The van der Waals surface area contributed by atoms with Crippen molar-refractivity contribution in [3.05, 3.63) is 28.2 Å². The number of halogens is 1. The molecule has 0 spiro atoms. The topological polar surface area (TPSA) is 49.3 Å². The molecule has 1 aromatic carbocycles. The van der Waals surface area contributed by atoms with E-state index in [4.69, 9.17) is 0 Å². The first-order valence-electron chi connectivity index (χ1n) is 5.71. The minimum Gasteiger partial charge on any atom is -0.508 e. The van der Waals surface area contributed by atoms with Gasteiger partial charge in [-0.1, -0.05) is 15.9 Å². The van der Waals surface area contributed by atoms with Gasteiger partial charge in [-0.05, 0) is 31.0 Å². The van der Waals surface area contributed by atoms with E-state index < -0.39 is 10.8 Å². The lowest BCUT2D eigenvalue weighted by Crippen LogP contribution is -2.35. The molecule has 0 saturated carbocycles. The molecule has 0 radical (unpaired) electrons. The maximum Gasteiger partial charge on any atom is 0.120 e. The quantitative estimate of drug-likeness (QED) is 0.898. The normalized spacial score (nSPS) is 24.8. The van der Waals surface area contributed by atoms with E-state index >= 15 is 0 Å². The van der Waals surface area contributed by atoms with Crippen LogP contribution in [0.4, 0.5) is 0 Å². The van der Waals surface area contributed by atoms with Gasteiger partial charge >= 0.3 is 0 Å². The van der Waals surface area contributed by atoms with Crippen LogP contribution in [0.5, 0.6) is 5.75 Å². The first-order valence-corrected chi connectivity index (χ1v) is 7.99. The van der Waals surface area contributed by atoms with E-state index in [0.717, 1.165) is 34.4 Å². The number of nitrogens with one attached hydrogen (secondary N) is 1. The third kappa shape index (κ3) is 3.79. The first-order chi connectivity index (χ1) is 8.15. The van der Waals surface area contributed by atoms with Crippen LogP contribution >= 0.6 is 15.9 Å². The lowest BCUT2D eigenvalue weighted by atomic mass is 10.1. The van der Waals surface area contributed by atoms with Gasteiger partial charge in [0.25, 0.3) is 0 Å². The van der Waals surface area contributed by atoms with Crippen LogP contribution in [-0.4, -0.2) is 26.9 Å². The minimum atomic E-state index is -0.614. The highest BCUT2D eigenvalue weighted by atomic mass is 79.9. The summed E-state index contributed by atoms with van der Waals surface area (Å²) < 4.78 is 12.2. The molecule has 1 aliphatic heterocycles. The van der Waals surface area contributed by atoms with E-state index in [2.05, 4.69) is 21.2 Å². The van der Waals surface area contributed by atoms with Crippen LogP contribution < -0.4 is 5.32 Å². The van der Waals surface area contributed by atoms with E-state index in [0.29, 0.717) is 18.3 Å². The second kappa shape index (κ2) is 5.98. The van der Waals surface area contributed by atoms with Crippen molar-refractivity contribution in [2.45, 2.75) is 25.4 Å². The van der Waals surface area contributed by atoms with Crippen molar-refractivity contribution in [1.29, 1.82) is 0 Å². The van der Waals surface area contributed by atoms with Crippen LogP contribution in [-0.2, 0) is 17.3 Å². The SMILES string of the molecule is O=S1CCC(NCc2cc(Br)ccc2O)CC1. The first kappa shape index (κ1) is 13.1. The molecule has 1 heterocycles. The fraction of sp³-hybridized carbons (Fsp3) is 0.500. The van der Waals surface area contributed by atoms with Gasteiger partial charge in [-0.15, -0.1) is 0 Å². The van der Waals surface area contributed by atoms with Crippen LogP contribution in [0.25, 0.3) is 0 Å². The molecule has 0 aliphatic carbocycles. The Morgan fingerprint density at radius 1 is 1.41 bits per heavy atom. The monoisotopic (exact) mass is 317 g/mol. The predicted molar refractivity (Wildman–Crippen MR) is 73.5 cm³/mol. The molecule has 0 aromatic heterocycles. The number of phenolic OH excluding ortho intramolecular Hbond substituents is 1. The van der Waals surface area contributed by atoms with Crippen molar-refractivity contribution in [3.8, 4) is 5.75 Å². The summed E-state index contributed by atoms with van der Waals surface area (Å²) in [5.41, 5.74) is 0.895. The Balaban J connectivity index is 1.89. The molecule has 1 aliphatic rings. The number of hydrogen-bond acceptors (Lipinski definition) is 3. The third-order valence-electron chi connectivity index (χ3n) is 3.01. The number of hydrogen-bond donors (Lipinski definition) is 2. The van der Waals surface area contributed by atoms with Gasteiger partial charge in [-0.2, -0.15) is 0 Å². The van der Waals surface area contributed by atoms with Gasteiger partial charge in [0.15, 0.2) is 0 Å². The van der Waals surface area contributed by atoms with Crippen molar-refractivity contribution in [3.63, 3.8) is 0 Å². The summed E-state index contributed by atoms with van der Waals surface area (Å²) in [6.07, 6.45) is 1.92. The Labute approximate surface area is 112 Å². The lowest BCUT2D eigenvalue weighted by molar-refractivity contribution is 0.444. The van der Waals surface area contributed by atoms with Crippen LogP contribution in [0.1, 0.15) is 18.4 Å². The number of aromatic hydroxyl groups is 1. The summed E-state index contributed by atoms with van der Waals surface area (Å²) in [6, 6.07) is 5.86. The highest BCUT2D eigenvalue weighted by molar-refractivity contribution is 9.10. The van der Waals surface area contributed by atoms with Crippen LogP contribution in [0, 0.1) is 0 Å². The molecule has 0 bridgehead atoms. The smallest absolute Gasteiger partial charge is 0.120 e. The van der Waals surface area contributed by atoms with Crippen molar-refractivity contribution in [1.82, 2.24) is 5.32 Å². The third-order valence-corrected chi connectivity index (χ3v) is 4.89. The van der Waals surface area contributed by atoms with Gasteiger partial charge in [0.1, 0.15) is 5.75 Å². The van der Waals surface area contributed by atoms with Gasteiger partial charge in [0.05, 0.1) is 0 Å². The fourth-order valence-corrected chi connectivity index (χ4v) is 3.66. The van der Waals surface area contributed by atoms with E-state index in [9.17, 15) is 9.32 Å². The highest BCUT2D eigenvalue weighted by Crippen LogP contribution is 2.22. The van der Waals surface area contributed by atoms with Crippen molar-refractivity contribution >= 4 is 26.7 Å². The molecule has 2 N–H and O–H groups in total. The van der Waals surface area contributed by atoms with Gasteiger partial charge in [-0.3, -0.25) is 4.21 Å². The maximum absolute atomic E-state index is 11.2. The minimum absolute atomic E-state index is 0.320. The molecule has 0 unspecified atom stereocenters. The maximum atomic E-state index is 11.2. The van der Waals surface area contributed by atoms with E-state index in [1.54, 1.807) is 6.07 Å². The average Bonchev–Trinajstić information content (AvgIpc) is 2.32. The number of benzene rings is 1. The van der Waals surface area contributed by atoms with Crippen LogP contribution in [0.3, 0.4) is 0 Å². The van der Waals surface area contributed by atoms with E-state index in [1.807, 2.05) is 12.1 Å². The highest BCUT2D eigenvalue weighted by Gasteiger charge is 2.17. The molecule has 2 rings (SSSR count). The van der Waals surface area contributed by atoms with Gasteiger partial charge in [0.2, 0.25) is 0 Å². The van der Waals surface area contributed by atoms with Crippen molar-refractivity contribution < 1.29 is 9.32 Å². The molecule has 94 valence electrons. The zero-order chi connectivity index (χ0) is 12.3. The van der Waals surface area contributed by atoms with Gasteiger partial charge in [0, 0.05) is 44.9 Å². The summed E-state index contributed by atoms with van der Waals surface area (Å²) in [5, 5.41) is 13.1. The Hall–Kier alpha value is -0.390. The zero-order valence-electron chi connectivity index (χ0n) is 9.49. The molecule has 17 heavy (non-hydrogen) atoms. The van der Waals surface area contributed by atoms with Gasteiger partial charge < -0.3 is 10.4 Å². The Morgan fingerprint density at radius 3 is 2.82 bits per heavy atom. The largest absolute Gasteiger partial charge is 0.508 e. The standard InChI is InChI=1S/C12H16BrNO2S/c13-10-1-2-12(15)9(7-10)8-14-11-3-5-17(16)6-4-11/h1-2,7,11,14-15H,3-6,8H2. The molecular formula is C12H16BrNO2S. The lowest BCUT2D eigenvalue weighted by Gasteiger charge is -2.22. The molecule has 3 nitrogen and oxygen atoms in total. The fourth-order valence-electron chi connectivity index (χ4n) is 1.95. The van der Waals surface area contributed by atoms with Crippen molar-refractivity contribution in [2.75, 3.05) is 11.5 Å². The molecule has 0 amide bonds. The van der Waals surface area contributed by atoms with Gasteiger partial charge in [-0.25, -0.2) is 0 Å². The molecule has 0 atom stereocenters. The second-order valence-corrected chi connectivity index (χ2v) is 6.89. The van der Waals surface area contributed by atoms with E-state index in [1.165, 1.54) is 0 Å². The average molecular weight is 318 g/mol. The number of phenols is 1. The molecule has 1 fully saturated rings. The second-order valence-electron chi connectivity index (χ2n) is 4.28. The van der Waals surface area contributed by atoms with Crippen molar-refractivity contribution in [2.24, 2.45) is 0 Å². The summed E-state index contributed by atoms with van der Waals surface area (Å²) in [6.45, 7) is 0.655. The predicted octanol–water partition coefficient (Wildman–Crippen LogP) is 2.16. The summed E-state index contributed by atoms with van der Waals surface area (Å²) >= 11 is 3.39. The molecule has 1 saturated heterocycles. The summed E-state index contributed by atoms with van der Waals surface area (Å²) in [7, 11) is -0.614. The number of rotatable bonds is 3. The molecule has 1 aromatic rings. The Kier molecular flexibility index (Phi) is 4.59. The summed E-state index contributed by atoms with van der Waals surface area (Å²) in [5.74, 6) is 1.91.